The molecule has 0 atom stereocenters. The molecule has 0 saturated carbocycles. The van der Waals surface area contributed by atoms with Gasteiger partial charge in [-0.15, -0.1) is 0 Å². The summed E-state index contributed by atoms with van der Waals surface area (Å²) < 4.78 is 18.8. The van der Waals surface area contributed by atoms with Gasteiger partial charge in [-0.05, 0) is 48.6 Å². The van der Waals surface area contributed by atoms with E-state index in [1.807, 2.05) is 49.4 Å². The van der Waals surface area contributed by atoms with Crippen molar-refractivity contribution in [2.45, 2.75) is 25.2 Å². The SMILES string of the molecule is C/C(=C\C(=O)NCC1(c2ccc(F)cc2)CCOCC1)c1ccccc1. The lowest BCUT2D eigenvalue weighted by Crippen LogP contribution is -2.44. The summed E-state index contributed by atoms with van der Waals surface area (Å²) in [5.74, 6) is -0.360. The van der Waals surface area contributed by atoms with Gasteiger partial charge in [0.1, 0.15) is 5.82 Å². The Bertz CT molecular complexity index is 762. The third kappa shape index (κ3) is 4.38. The van der Waals surface area contributed by atoms with Crippen LogP contribution in [0.15, 0.2) is 60.7 Å². The van der Waals surface area contributed by atoms with Crippen LogP contribution in [-0.2, 0) is 14.9 Å². The van der Waals surface area contributed by atoms with E-state index in [1.54, 1.807) is 6.08 Å². The van der Waals surface area contributed by atoms with Crippen molar-refractivity contribution in [3.63, 3.8) is 0 Å². The Balaban J connectivity index is 1.72. The normalized spacial score (nSPS) is 16.9. The Morgan fingerprint density at radius 1 is 1.12 bits per heavy atom. The van der Waals surface area contributed by atoms with E-state index in [4.69, 9.17) is 4.74 Å². The monoisotopic (exact) mass is 353 g/mol. The maximum atomic E-state index is 13.3. The number of allylic oxidation sites excluding steroid dienone is 1. The van der Waals surface area contributed by atoms with Gasteiger partial charge in [0, 0.05) is 31.2 Å². The summed E-state index contributed by atoms with van der Waals surface area (Å²) in [6, 6.07) is 16.4. The van der Waals surface area contributed by atoms with Gasteiger partial charge >= 0.3 is 0 Å². The van der Waals surface area contributed by atoms with E-state index in [2.05, 4.69) is 5.32 Å². The fourth-order valence-electron chi connectivity index (χ4n) is 3.42. The number of hydrogen-bond acceptors (Lipinski definition) is 2. The smallest absolute Gasteiger partial charge is 0.244 e. The molecular weight excluding hydrogens is 329 g/mol. The number of halogens is 1. The van der Waals surface area contributed by atoms with Crippen LogP contribution < -0.4 is 5.32 Å². The Labute approximate surface area is 153 Å². The summed E-state index contributed by atoms with van der Waals surface area (Å²) in [5, 5.41) is 3.04. The molecule has 1 aliphatic heterocycles. The number of nitrogens with one attached hydrogen (secondary N) is 1. The molecule has 1 amide bonds. The molecule has 0 aliphatic carbocycles. The standard InChI is InChI=1S/C22H24FNO2/c1-17(18-5-3-2-4-6-18)15-21(25)24-16-22(11-13-26-14-12-22)19-7-9-20(23)10-8-19/h2-10,15H,11-14,16H2,1H3,(H,24,25)/b17-15+. The van der Waals surface area contributed by atoms with Crippen LogP contribution in [0.3, 0.4) is 0 Å². The average molecular weight is 353 g/mol. The molecule has 2 aromatic rings. The Hall–Kier alpha value is -2.46. The van der Waals surface area contributed by atoms with Crippen LogP contribution in [0, 0.1) is 5.82 Å². The van der Waals surface area contributed by atoms with Crippen LogP contribution in [0.25, 0.3) is 5.57 Å². The van der Waals surface area contributed by atoms with Crippen molar-refractivity contribution < 1.29 is 13.9 Å². The van der Waals surface area contributed by atoms with Gasteiger partial charge in [0.15, 0.2) is 0 Å². The number of carbonyl (C=O) groups excluding carboxylic acids is 1. The molecule has 136 valence electrons. The largest absolute Gasteiger partial charge is 0.381 e. The topological polar surface area (TPSA) is 38.3 Å². The lowest BCUT2D eigenvalue weighted by molar-refractivity contribution is -0.117. The van der Waals surface area contributed by atoms with Crippen LogP contribution in [0.1, 0.15) is 30.9 Å². The molecule has 1 heterocycles. The molecular formula is C22H24FNO2. The van der Waals surface area contributed by atoms with Crippen molar-refractivity contribution >= 4 is 11.5 Å². The third-order valence-electron chi connectivity index (χ3n) is 5.08. The number of hydrogen-bond donors (Lipinski definition) is 1. The molecule has 0 unspecified atom stereocenters. The van der Waals surface area contributed by atoms with Gasteiger partial charge in [-0.1, -0.05) is 42.5 Å². The van der Waals surface area contributed by atoms with Gasteiger partial charge in [0.25, 0.3) is 0 Å². The van der Waals surface area contributed by atoms with Crippen LogP contribution in [0.4, 0.5) is 4.39 Å². The summed E-state index contributed by atoms with van der Waals surface area (Å²) in [5.41, 5.74) is 2.79. The Kier molecular flexibility index (Phi) is 5.84. The minimum absolute atomic E-state index is 0.112. The molecule has 0 bridgehead atoms. The molecule has 1 aliphatic rings. The zero-order chi connectivity index (χ0) is 18.4. The molecule has 2 aromatic carbocycles. The second-order valence-corrected chi connectivity index (χ2v) is 6.81. The first kappa shape index (κ1) is 18.3. The van der Waals surface area contributed by atoms with Crippen molar-refractivity contribution in [3.05, 3.63) is 77.6 Å². The minimum Gasteiger partial charge on any atom is -0.381 e. The quantitative estimate of drug-likeness (QED) is 0.822. The Morgan fingerprint density at radius 2 is 1.77 bits per heavy atom. The van der Waals surface area contributed by atoms with E-state index >= 15 is 0 Å². The molecule has 3 nitrogen and oxygen atoms in total. The number of carbonyl (C=O) groups is 1. The van der Waals surface area contributed by atoms with E-state index in [9.17, 15) is 9.18 Å². The molecule has 1 fully saturated rings. The molecule has 0 radical (unpaired) electrons. The lowest BCUT2D eigenvalue weighted by Gasteiger charge is -2.37. The van der Waals surface area contributed by atoms with Crippen molar-refractivity contribution in [1.82, 2.24) is 5.32 Å². The molecule has 0 spiro atoms. The third-order valence-corrected chi connectivity index (χ3v) is 5.08. The molecule has 1 N–H and O–H groups in total. The van der Waals surface area contributed by atoms with Gasteiger partial charge in [-0.2, -0.15) is 0 Å². The fourth-order valence-corrected chi connectivity index (χ4v) is 3.42. The number of benzene rings is 2. The summed E-state index contributed by atoms with van der Waals surface area (Å²) >= 11 is 0. The zero-order valence-electron chi connectivity index (χ0n) is 15.0. The van der Waals surface area contributed by atoms with Crippen LogP contribution >= 0.6 is 0 Å². The summed E-state index contributed by atoms with van der Waals surface area (Å²) in [7, 11) is 0. The van der Waals surface area contributed by atoms with E-state index in [1.165, 1.54) is 12.1 Å². The summed E-state index contributed by atoms with van der Waals surface area (Å²) in [4.78, 5) is 12.4. The lowest BCUT2D eigenvalue weighted by atomic mass is 9.74. The second-order valence-electron chi connectivity index (χ2n) is 6.81. The highest BCUT2D eigenvalue weighted by molar-refractivity contribution is 5.94. The first-order valence-electron chi connectivity index (χ1n) is 8.94. The predicted octanol–water partition coefficient (Wildman–Crippen LogP) is 4.09. The maximum Gasteiger partial charge on any atom is 0.244 e. The van der Waals surface area contributed by atoms with Crippen molar-refractivity contribution in [3.8, 4) is 0 Å². The zero-order valence-corrected chi connectivity index (χ0v) is 15.0. The molecule has 26 heavy (non-hydrogen) atoms. The van der Waals surface area contributed by atoms with Gasteiger partial charge in [0.05, 0.1) is 0 Å². The van der Waals surface area contributed by atoms with Crippen LogP contribution in [-0.4, -0.2) is 25.7 Å². The van der Waals surface area contributed by atoms with Gasteiger partial charge < -0.3 is 10.1 Å². The van der Waals surface area contributed by atoms with Gasteiger partial charge in [-0.25, -0.2) is 4.39 Å². The van der Waals surface area contributed by atoms with E-state index in [-0.39, 0.29) is 17.1 Å². The molecule has 4 heteroatoms. The molecule has 1 saturated heterocycles. The number of rotatable bonds is 5. The predicted molar refractivity (Wildman–Crippen MR) is 101 cm³/mol. The molecule has 0 aromatic heterocycles. The maximum absolute atomic E-state index is 13.3. The van der Waals surface area contributed by atoms with E-state index in [0.717, 1.165) is 29.5 Å². The highest BCUT2D eigenvalue weighted by atomic mass is 19.1. The first-order chi connectivity index (χ1) is 12.6. The molecule has 3 rings (SSSR count). The van der Waals surface area contributed by atoms with Crippen molar-refractivity contribution in [2.75, 3.05) is 19.8 Å². The Morgan fingerprint density at radius 3 is 2.42 bits per heavy atom. The summed E-state index contributed by atoms with van der Waals surface area (Å²) in [6.45, 7) is 3.73. The van der Waals surface area contributed by atoms with Crippen LogP contribution in [0.2, 0.25) is 0 Å². The minimum atomic E-state index is -0.249. The second kappa shape index (κ2) is 8.28. The van der Waals surface area contributed by atoms with Gasteiger partial charge in [-0.3, -0.25) is 4.79 Å². The summed E-state index contributed by atoms with van der Waals surface area (Å²) in [6.07, 6.45) is 3.24. The highest BCUT2D eigenvalue weighted by Crippen LogP contribution is 2.34. The van der Waals surface area contributed by atoms with E-state index in [0.29, 0.717) is 19.8 Å². The van der Waals surface area contributed by atoms with Crippen molar-refractivity contribution in [2.24, 2.45) is 0 Å². The highest BCUT2D eigenvalue weighted by Gasteiger charge is 2.34. The first-order valence-corrected chi connectivity index (χ1v) is 8.94. The van der Waals surface area contributed by atoms with Gasteiger partial charge in [0.2, 0.25) is 5.91 Å². The number of ether oxygens (including phenoxy) is 1. The number of amides is 1. The van der Waals surface area contributed by atoms with Crippen molar-refractivity contribution in [1.29, 1.82) is 0 Å². The van der Waals surface area contributed by atoms with E-state index < -0.39 is 0 Å². The van der Waals surface area contributed by atoms with Crippen LogP contribution in [0.5, 0.6) is 0 Å². The average Bonchev–Trinajstić information content (AvgIpc) is 2.68. The fraction of sp³-hybridized carbons (Fsp3) is 0.318.